The van der Waals surface area contributed by atoms with Crippen molar-refractivity contribution in [3.05, 3.63) is 192 Å². The highest BCUT2D eigenvalue weighted by Crippen LogP contribution is 2.45. The average Bonchev–Trinajstić information content (AvgIpc) is 3.77. The van der Waals surface area contributed by atoms with E-state index in [9.17, 15) is 0 Å². The van der Waals surface area contributed by atoms with Crippen molar-refractivity contribution in [2.45, 2.75) is 34.6 Å². The summed E-state index contributed by atoms with van der Waals surface area (Å²) in [5, 5.41) is 8.89. The molecule has 0 unspecified atom stereocenters. The summed E-state index contributed by atoms with van der Waals surface area (Å²) in [4.78, 5) is 4.67. The zero-order valence-corrected chi connectivity index (χ0v) is 33.8. The maximum atomic E-state index is 6.84. The molecular weight excluding hydrogens is 721 g/mol. The van der Waals surface area contributed by atoms with Crippen molar-refractivity contribution in [3.8, 4) is 0 Å². The van der Waals surface area contributed by atoms with Gasteiger partial charge in [0.2, 0.25) is 0 Å². The predicted molar refractivity (Wildman–Crippen MR) is 249 cm³/mol. The second-order valence-corrected chi connectivity index (χ2v) is 16.3. The lowest BCUT2D eigenvalue weighted by Gasteiger charge is -2.26. The van der Waals surface area contributed by atoms with Gasteiger partial charge in [-0.1, -0.05) is 60.7 Å². The number of rotatable bonds is 6. The molecule has 0 bridgehead atoms. The van der Waals surface area contributed by atoms with Crippen LogP contribution in [0.1, 0.15) is 27.8 Å². The number of furan rings is 2. The molecule has 11 rings (SSSR count). The summed E-state index contributed by atoms with van der Waals surface area (Å²) in [6.07, 6.45) is 0. The molecule has 0 N–H and O–H groups in total. The second-order valence-electron chi connectivity index (χ2n) is 16.3. The van der Waals surface area contributed by atoms with E-state index in [0.717, 1.165) is 105 Å². The Morgan fingerprint density at radius 3 is 1.19 bits per heavy atom. The Hall–Kier alpha value is -7.30. The van der Waals surface area contributed by atoms with Gasteiger partial charge in [0.25, 0.3) is 0 Å². The van der Waals surface area contributed by atoms with Crippen LogP contribution in [-0.4, -0.2) is 0 Å². The molecule has 0 aliphatic heterocycles. The van der Waals surface area contributed by atoms with Crippen LogP contribution in [-0.2, 0) is 0 Å². The lowest BCUT2D eigenvalue weighted by atomic mass is 10.00. The van der Waals surface area contributed by atoms with E-state index in [1.54, 1.807) is 0 Å². The molecule has 0 aliphatic carbocycles. The average molecular weight is 763 g/mol. The molecule has 2 heterocycles. The Morgan fingerprint density at radius 2 is 0.729 bits per heavy atom. The van der Waals surface area contributed by atoms with Gasteiger partial charge in [0.1, 0.15) is 11.2 Å². The van der Waals surface area contributed by atoms with Gasteiger partial charge < -0.3 is 18.6 Å². The fraction of sp³-hybridized carbons (Fsp3) is 0.0909. The molecule has 4 nitrogen and oxygen atoms in total. The van der Waals surface area contributed by atoms with Crippen LogP contribution in [0.3, 0.4) is 0 Å². The number of benzene rings is 9. The first-order chi connectivity index (χ1) is 28.7. The number of fused-ring (bicyclic) bond motifs is 9. The highest BCUT2D eigenvalue weighted by Gasteiger charge is 2.21. The maximum Gasteiger partial charge on any atom is 0.178 e. The highest BCUT2D eigenvalue weighted by molar-refractivity contribution is 6.22. The minimum absolute atomic E-state index is 0.781. The molecular formula is C55H42N2O2. The van der Waals surface area contributed by atoms with Crippen LogP contribution in [0.2, 0.25) is 0 Å². The van der Waals surface area contributed by atoms with Crippen molar-refractivity contribution in [2.24, 2.45) is 0 Å². The molecule has 2 aromatic heterocycles. The van der Waals surface area contributed by atoms with Gasteiger partial charge in [0.15, 0.2) is 11.2 Å². The van der Waals surface area contributed by atoms with Gasteiger partial charge in [0, 0.05) is 55.7 Å². The van der Waals surface area contributed by atoms with Crippen LogP contribution in [0, 0.1) is 34.6 Å². The van der Waals surface area contributed by atoms with Crippen molar-refractivity contribution in [1.29, 1.82) is 0 Å². The van der Waals surface area contributed by atoms with Crippen LogP contribution in [0.25, 0.3) is 65.4 Å². The zero-order chi connectivity index (χ0) is 39.9. The molecule has 0 saturated carbocycles. The normalized spacial score (nSPS) is 11.8. The molecule has 4 heteroatoms. The van der Waals surface area contributed by atoms with Gasteiger partial charge in [-0.15, -0.1) is 0 Å². The fourth-order valence-corrected chi connectivity index (χ4v) is 9.07. The molecule has 59 heavy (non-hydrogen) atoms. The first-order valence-electron chi connectivity index (χ1n) is 20.3. The molecule has 0 radical (unpaired) electrons. The van der Waals surface area contributed by atoms with E-state index in [1.165, 1.54) is 22.3 Å². The molecule has 0 spiro atoms. The Bertz CT molecular complexity index is 3390. The maximum absolute atomic E-state index is 6.84. The van der Waals surface area contributed by atoms with Crippen LogP contribution in [0.5, 0.6) is 0 Å². The lowest BCUT2D eigenvalue weighted by molar-refractivity contribution is 0.633. The second kappa shape index (κ2) is 13.4. The molecule has 11 aromatic rings. The van der Waals surface area contributed by atoms with Gasteiger partial charge in [-0.05, 0) is 187 Å². The minimum atomic E-state index is 0.781. The van der Waals surface area contributed by atoms with Crippen molar-refractivity contribution in [2.75, 3.05) is 9.80 Å². The van der Waals surface area contributed by atoms with E-state index in [-0.39, 0.29) is 0 Å². The Labute approximate surface area is 343 Å². The van der Waals surface area contributed by atoms with E-state index in [1.807, 2.05) is 0 Å². The minimum Gasteiger partial charge on any atom is -0.452 e. The van der Waals surface area contributed by atoms with Crippen LogP contribution < -0.4 is 9.80 Å². The molecule has 0 saturated heterocycles. The quantitative estimate of drug-likeness (QED) is 0.169. The van der Waals surface area contributed by atoms with Crippen LogP contribution >= 0.6 is 0 Å². The SMILES string of the molecule is Cc1cccc(N(c2cccc(C)c2)c2ccc3cc4c(cc3c2)oc2c4cc(C)c3c4cc5ccc(N(c6cccc(C)c6)c6cccc(C)c6)cc5cc4oc23)c1. The molecule has 0 atom stereocenters. The summed E-state index contributed by atoms with van der Waals surface area (Å²) < 4.78 is 13.6. The van der Waals surface area contributed by atoms with Gasteiger partial charge in [-0.25, -0.2) is 0 Å². The standard InChI is InChI=1S/C55H42N2O2/c1-33-10-6-14-42(22-33)56(43-15-7-11-34(2)23-43)46-20-18-38-29-48-49-26-37(5)53-50-30-39-19-21-47(57(44-16-8-12-35(3)24-44)45-17-9-13-36(4)25-45)28-41(39)32-52(50)59-55(53)54(49)58-51(48)31-40(38)27-46/h6-32H,1-5H3. The molecule has 9 aromatic carbocycles. The number of nitrogens with zero attached hydrogens (tertiary/aromatic N) is 2. The van der Waals surface area contributed by atoms with Crippen molar-refractivity contribution >= 4 is 99.5 Å². The van der Waals surface area contributed by atoms with Crippen LogP contribution in [0.4, 0.5) is 34.1 Å². The summed E-state index contributed by atoms with van der Waals surface area (Å²) in [5.41, 5.74) is 16.0. The lowest BCUT2D eigenvalue weighted by Crippen LogP contribution is -2.10. The number of aryl methyl sites for hydroxylation is 5. The van der Waals surface area contributed by atoms with Gasteiger partial charge >= 0.3 is 0 Å². The Kier molecular flexibility index (Phi) is 7.92. The number of hydrogen-bond acceptors (Lipinski definition) is 4. The van der Waals surface area contributed by atoms with Gasteiger partial charge in [0.05, 0.1) is 0 Å². The topological polar surface area (TPSA) is 32.8 Å². The largest absolute Gasteiger partial charge is 0.452 e. The monoisotopic (exact) mass is 762 g/mol. The van der Waals surface area contributed by atoms with E-state index in [4.69, 9.17) is 8.83 Å². The van der Waals surface area contributed by atoms with E-state index in [0.29, 0.717) is 0 Å². The van der Waals surface area contributed by atoms with E-state index < -0.39 is 0 Å². The third-order valence-electron chi connectivity index (χ3n) is 11.8. The molecule has 284 valence electrons. The summed E-state index contributed by atoms with van der Waals surface area (Å²) in [6, 6.07) is 59.4. The van der Waals surface area contributed by atoms with E-state index >= 15 is 0 Å². The third-order valence-corrected chi connectivity index (χ3v) is 11.8. The molecule has 0 aliphatic rings. The van der Waals surface area contributed by atoms with Gasteiger partial charge in [-0.3, -0.25) is 0 Å². The van der Waals surface area contributed by atoms with E-state index in [2.05, 4.69) is 208 Å². The van der Waals surface area contributed by atoms with Crippen molar-refractivity contribution in [3.63, 3.8) is 0 Å². The van der Waals surface area contributed by atoms with Crippen molar-refractivity contribution in [1.82, 2.24) is 0 Å². The summed E-state index contributed by atoms with van der Waals surface area (Å²) >= 11 is 0. The van der Waals surface area contributed by atoms with Gasteiger partial charge in [-0.2, -0.15) is 0 Å². The summed E-state index contributed by atoms with van der Waals surface area (Å²) in [5.74, 6) is 0. The summed E-state index contributed by atoms with van der Waals surface area (Å²) in [7, 11) is 0. The summed E-state index contributed by atoms with van der Waals surface area (Å²) in [6.45, 7) is 10.8. The molecule has 0 fully saturated rings. The number of hydrogen-bond donors (Lipinski definition) is 0. The predicted octanol–water partition coefficient (Wildman–Crippen LogP) is 16.3. The first-order valence-corrected chi connectivity index (χ1v) is 20.3. The Balaban J connectivity index is 1.05. The molecule has 0 amide bonds. The third kappa shape index (κ3) is 5.90. The highest BCUT2D eigenvalue weighted by atomic mass is 16.4. The van der Waals surface area contributed by atoms with Crippen LogP contribution in [0.15, 0.2) is 173 Å². The fourth-order valence-electron chi connectivity index (χ4n) is 9.07. The van der Waals surface area contributed by atoms with Crippen molar-refractivity contribution < 1.29 is 8.83 Å². The smallest absolute Gasteiger partial charge is 0.178 e. The zero-order valence-electron chi connectivity index (χ0n) is 33.8. The number of anilines is 6. The first kappa shape index (κ1) is 34.9. The Morgan fingerprint density at radius 1 is 0.322 bits per heavy atom.